The zero-order chi connectivity index (χ0) is 16.2. The standard InChI is InChI=1S/C15H15BrN2O3S/c1-22(20,21)12-6-4-5-11(9-12)17-10-15(19)18-14-8-3-2-7-13(14)16/h2-9,17H,10H2,1H3,(H,18,19). The Morgan fingerprint density at radius 3 is 2.55 bits per heavy atom. The summed E-state index contributed by atoms with van der Waals surface area (Å²) in [6, 6.07) is 13.6. The summed E-state index contributed by atoms with van der Waals surface area (Å²) >= 11 is 3.35. The molecule has 0 spiro atoms. The second kappa shape index (κ2) is 6.93. The topological polar surface area (TPSA) is 75.3 Å². The van der Waals surface area contributed by atoms with E-state index in [1.54, 1.807) is 18.2 Å². The van der Waals surface area contributed by atoms with Crippen molar-refractivity contribution in [3.8, 4) is 0 Å². The van der Waals surface area contributed by atoms with Crippen molar-refractivity contribution in [3.63, 3.8) is 0 Å². The number of nitrogens with one attached hydrogen (secondary N) is 2. The van der Waals surface area contributed by atoms with Gasteiger partial charge in [0.25, 0.3) is 0 Å². The maximum Gasteiger partial charge on any atom is 0.243 e. The first kappa shape index (κ1) is 16.5. The minimum absolute atomic E-state index is 0.0363. The number of hydrogen-bond donors (Lipinski definition) is 2. The Morgan fingerprint density at radius 1 is 1.14 bits per heavy atom. The van der Waals surface area contributed by atoms with E-state index in [2.05, 4.69) is 26.6 Å². The Kier molecular flexibility index (Phi) is 5.20. The fourth-order valence-electron chi connectivity index (χ4n) is 1.78. The predicted octanol–water partition coefficient (Wildman–Crippen LogP) is 2.90. The van der Waals surface area contributed by atoms with Crippen molar-refractivity contribution in [2.24, 2.45) is 0 Å². The normalized spacial score (nSPS) is 11.0. The van der Waals surface area contributed by atoms with Gasteiger partial charge in [-0.05, 0) is 46.3 Å². The Balaban J connectivity index is 1.99. The molecule has 2 rings (SSSR count). The lowest BCUT2D eigenvalue weighted by Gasteiger charge is -2.09. The molecule has 1 amide bonds. The zero-order valence-electron chi connectivity index (χ0n) is 11.8. The van der Waals surface area contributed by atoms with E-state index in [1.165, 1.54) is 12.1 Å². The molecule has 0 aromatic heterocycles. The van der Waals surface area contributed by atoms with Gasteiger partial charge >= 0.3 is 0 Å². The molecule has 0 aliphatic rings. The van der Waals surface area contributed by atoms with Crippen molar-refractivity contribution in [1.29, 1.82) is 0 Å². The first-order valence-electron chi connectivity index (χ1n) is 6.44. The minimum atomic E-state index is -3.26. The molecule has 0 saturated carbocycles. The van der Waals surface area contributed by atoms with E-state index in [4.69, 9.17) is 0 Å². The number of benzene rings is 2. The second-order valence-electron chi connectivity index (χ2n) is 4.68. The van der Waals surface area contributed by atoms with Gasteiger partial charge < -0.3 is 10.6 Å². The second-order valence-corrected chi connectivity index (χ2v) is 7.55. The summed E-state index contributed by atoms with van der Waals surface area (Å²) in [5, 5.41) is 5.66. The van der Waals surface area contributed by atoms with Crippen LogP contribution in [0.5, 0.6) is 0 Å². The van der Waals surface area contributed by atoms with Crippen molar-refractivity contribution in [1.82, 2.24) is 0 Å². The smallest absolute Gasteiger partial charge is 0.243 e. The number of amides is 1. The molecule has 2 aromatic rings. The summed E-state index contributed by atoms with van der Waals surface area (Å²) in [7, 11) is -3.26. The molecule has 0 aliphatic heterocycles. The Labute approximate surface area is 137 Å². The molecule has 0 bridgehead atoms. The average molecular weight is 383 g/mol. The molecular weight excluding hydrogens is 368 g/mol. The molecule has 0 aliphatic carbocycles. The number of halogens is 1. The number of carbonyl (C=O) groups is 1. The molecule has 0 heterocycles. The Bertz CT molecular complexity index is 791. The number of carbonyl (C=O) groups excluding carboxylic acids is 1. The molecule has 7 heteroatoms. The lowest BCUT2D eigenvalue weighted by Crippen LogP contribution is -2.22. The average Bonchev–Trinajstić information content (AvgIpc) is 2.47. The van der Waals surface area contributed by atoms with Gasteiger partial charge in [0.15, 0.2) is 9.84 Å². The number of sulfone groups is 1. The van der Waals surface area contributed by atoms with Crippen molar-refractivity contribution in [3.05, 3.63) is 53.0 Å². The predicted molar refractivity (Wildman–Crippen MR) is 90.8 cm³/mol. The van der Waals surface area contributed by atoms with Gasteiger partial charge in [0.1, 0.15) is 0 Å². The number of rotatable bonds is 5. The molecule has 0 saturated heterocycles. The van der Waals surface area contributed by atoms with Crippen LogP contribution in [0, 0.1) is 0 Å². The van der Waals surface area contributed by atoms with Crippen LogP contribution in [0.4, 0.5) is 11.4 Å². The quantitative estimate of drug-likeness (QED) is 0.833. The summed E-state index contributed by atoms with van der Waals surface area (Å²) in [5.41, 5.74) is 1.25. The third kappa shape index (κ3) is 4.57. The van der Waals surface area contributed by atoms with Gasteiger partial charge in [-0.1, -0.05) is 18.2 Å². The highest BCUT2D eigenvalue weighted by Crippen LogP contribution is 2.21. The third-order valence-electron chi connectivity index (χ3n) is 2.86. The summed E-state index contributed by atoms with van der Waals surface area (Å²) in [6.07, 6.45) is 1.14. The van der Waals surface area contributed by atoms with Crippen LogP contribution >= 0.6 is 15.9 Å². The van der Waals surface area contributed by atoms with Gasteiger partial charge in [-0.25, -0.2) is 8.42 Å². The highest BCUT2D eigenvalue weighted by Gasteiger charge is 2.08. The van der Waals surface area contributed by atoms with Crippen LogP contribution in [0.15, 0.2) is 57.9 Å². The first-order chi connectivity index (χ1) is 10.4. The van der Waals surface area contributed by atoms with Gasteiger partial charge in [-0.3, -0.25) is 4.79 Å². The maximum atomic E-state index is 11.9. The van der Waals surface area contributed by atoms with E-state index in [0.29, 0.717) is 11.4 Å². The molecule has 2 aromatic carbocycles. The summed E-state index contributed by atoms with van der Waals surface area (Å²) in [5.74, 6) is -0.225. The maximum absolute atomic E-state index is 11.9. The van der Waals surface area contributed by atoms with Crippen molar-refractivity contribution >= 4 is 43.0 Å². The molecule has 0 atom stereocenters. The molecule has 116 valence electrons. The fourth-order valence-corrected chi connectivity index (χ4v) is 2.83. The monoisotopic (exact) mass is 382 g/mol. The zero-order valence-corrected chi connectivity index (χ0v) is 14.2. The van der Waals surface area contributed by atoms with Crippen LogP contribution in [0.25, 0.3) is 0 Å². The van der Waals surface area contributed by atoms with Gasteiger partial charge in [0.2, 0.25) is 5.91 Å². The molecule has 0 unspecified atom stereocenters. The van der Waals surface area contributed by atoms with Crippen LogP contribution in [0.3, 0.4) is 0 Å². The molecule has 0 fully saturated rings. The molecule has 22 heavy (non-hydrogen) atoms. The highest BCUT2D eigenvalue weighted by atomic mass is 79.9. The SMILES string of the molecule is CS(=O)(=O)c1cccc(NCC(=O)Nc2ccccc2Br)c1. The van der Waals surface area contributed by atoms with Crippen LogP contribution < -0.4 is 10.6 Å². The van der Waals surface area contributed by atoms with E-state index in [0.717, 1.165) is 10.7 Å². The van der Waals surface area contributed by atoms with Gasteiger partial charge in [-0.2, -0.15) is 0 Å². The highest BCUT2D eigenvalue weighted by molar-refractivity contribution is 9.10. The van der Waals surface area contributed by atoms with E-state index in [9.17, 15) is 13.2 Å². The number of anilines is 2. The number of hydrogen-bond acceptors (Lipinski definition) is 4. The molecular formula is C15H15BrN2O3S. The summed E-state index contributed by atoms with van der Waals surface area (Å²) in [6.45, 7) is 0.0363. The molecule has 5 nitrogen and oxygen atoms in total. The lowest BCUT2D eigenvalue weighted by molar-refractivity contribution is -0.114. The van der Waals surface area contributed by atoms with E-state index in [-0.39, 0.29) is 17.3 Å². The number of para-hydroxylation sites is 1. The van der Waals surface area contributed by atoms with Crippen LogP contribution in [-0.4, -0.2) is 27.1 Å². The third-order valence-corrected chi connectivity index (χ3v) is 4.66. The van der Waals surface area contributed by atoms with Crippen LogP contribution in [-0.2, 0) is 14.6 Å². The van der Waals surface area contributed by atoms with E-state index in [1.807, 2.05) is 18.2 Å². The molecule has 2 N–H and O–H groups in total. The minimum Gasteiger partial charge on any atom is -0.376 e. The summed E-state index contributed by atoms with van der Waals surface area (Å²) in [4.78, 5) is 12.1. The fraction of sp³-hybridized carbons (Fsp3) is 0.133. The van der Waals surface area contributed by atoms with Crippen molar-refractivity contribution in [2.75, 3.05) is 23.4 Å². The van der Waals surface area contributed by atoms with Crippen molar-refractivity contribution in [2.45, 2.75) is 4.90 Å². The van der Waals surface area contributed by atoms with Crippen molar-refractivity contribution < 1.29 is 13.2 Å². The lowest BCUT2D eigenvalue weighted by atomic mass is 10.3. The van der Waals surface area contributed by atoms with Gasteiger partial charge in [0.05, 0.1) is 17.1 Å². The van der Waals surface area contributed by atoms with E-state index < -0.39 is 9.84 Å². The van der Waals surface area contributed by atoms with Gasteiger partial charge in [0, 0.05) is 16.4 Å². The first-order valence-corrected chi connectivity index (χ1v) is 9.13. The Hall–Kier alpha value is -1.86. The molecule has 0 radical (unpaired) electrons. The van der Waals surface area contributed by atoms with E-state index >= 15 is 0 Å². The summed E-state index contributed by atoms with van der Waals surface area (Å²) < 4.78 is 23.8. The largest absolute Gasteiger partial charge is 0.376 e. The Morgan fingerprint density at radius 2 is 1.86 bits per heavy atom. The van der Waals surface area contributed by atoms with Gasteiger partial charge in [-0.15, -0.1) is 0 Å². The van der Waals surface area contributed by atoms with Crippen LogP contribution in [0.1, 0.15) is 0 Å². The van der Waals surface area contributed by atoms with Crippen LogP contribution in [0.2, 0.25) is 0 Å².